The molecule has 0 aromatic carbocycles. The van der Waals surface area contributed by atoms with Crippen molar-refractivity contribution < 1.29 is 0 Å². The molecule has 2 heteroatoms. The van der Waals surface area contributed by atoms with E-state index in [1.54, 1.807) is 0 Å². The lowest BCUT2D eigenvalue weighted by atomic mass is 10.1. The summed E-state index contributed by atoms with van der Waals surface area (Å²) in [6.45, 7) is 11.0. The Hall–Kier alpha value is -0.520. The molecule has 1 aliphatic heterocycles. The standard InChI is InChI=1S/C11H20N2/c1-5-7-13-9-10(3)12(6-2)8-11(13)4/h1,10-11H,6-9H2,2-4H3. The molecule has 13 heavy (non-hydrogen) atoms. The van der Waals surface area contributed by atoms with Crippen molar-refractivity contribution in [3.63, 3.8) is 0 Å². The van der Waals surface area contributed by atoms with Crippen LogP contribution in [0.2, 0.25) is 0 Å². The molecule has 0 saturated carbocycles. The summed E-state index contributed by atoms with van der Waals surface area (Å²) >= 11 is 0. The highest BCUT2D eigenvalue weighted by Crippen LogP contribution is 2.13. The molecule has 0 amide bonds. The summed E-state index contributed by atoms with van der Waals surface area (Å²) in [5.74, 6) is 2.73. The average molecular weight is 180 g/mol. The fourth-order valence-electron chi connectivity index (χ4n) is 2.05. The Balaban J connectivity index is 2.52. The second-order valence-corrected chi connectivity index (χ2v) is 3.92. The summed E-state index contributed by atoms with van der Waals surface area (Å²) in [6.07, 6.45) is 5.33. The molecule has 1 fully saturated rings. The van der Waals surface area contributed by atoms with Crippen molar-refractivity contribution in [2.45, 2.75) is 32.9 Å². The second kappa shape index (κ2) is 4.64. The van der Waals surface area contributed by atoms with Crippen molar-refractivity contribution in [1.29, 1.82) is 0 Å². The van der Waals surface area contributed by atoms with Gasteiger partial charge in [0.15, 0.2) is 0 Å². The minimum Gasteiger partial charge on any atom is -0.298 e. The monoisotopic (exact) mass is 180 g/mol. The first-order valence-corrected chi connectivity index (χ1v) is 5.10. The van der Waals surface area contributed by atoms with Crippen molar-refractivity contribution in [1.82, 2.24) is 9.80 Å². The van der Waals surface area contributed by atoms with Gasteiger partial charge in [-0.1, -0.05) is 12.8 Å². The van der Waals surface area contributed by atoms with E-state index in [4.69, 9.17) is 6.42 Å². The zero-order chi connectivity index (χ0) is 9.84. The van der Waals surface area contributed by atoms with E-state index >= 15 is 0 Å². The number of hydrogen-bond donors (Lipinski definition) is 0. The van der Waals surface area contributed by atoms with Crippen LogP contribution >= 0.6 is 0 Å². The number of piperazine rings is 1. The van der Waals surface area contributed by atoms with Crippen LogP contribution in [0.4, 0.5) is 0 Å². The van der Waals surface area contributed by atoms with Crippen LogP contribution in [0.15, 0.2) is 0 Å². The van der Waals surface area contributed by atoms with Gasteiger partial charge in [0.2, 0.25) is 0 Å². The van der Waals surface area contributed by atoms with Crippen LogP contribution in [-0.2, 0) is 0 Å². The first-order valence-electron chi connectivity index (χ1n) is 5.10. The summed E-state index contributed by atoms with van der Waals surface area (Å²) in [7, 11) is 0. The molecule has 0 radical (unpaired) electrons. The van der Waals surface area contributed by atoms with E-state index in [0.29, 0.717) is 12.1 Å². The van der Waals surface area contributed by atoms with Crippen molar-refractivity contribution in [3.05, 3.63) is 0 Å². The van der Waals surface area contributed by atoms with E-state index in [-0.39, 0.29) is 0 Å². The Morgan fingerprint density at radius 1 is 1.23 bits per heavy atom. The maximum absolute atomic E-state index is 5.33. The van der Waals surface area contributed by atoms with E-state index in [1.807, 2.05) is 0 Å². The molecule has 0 aromatic heterocycles. The van der Waals surface area contributed by atoms with Crippen LogP contribution < -0.4 is 0 Å². The van der Waals surface area contributed by atoms with E-state index in [0.717, 1.165) is 26.2 Å². The normalized spacial score (nSPS) is 31.5. The first-order chi connectivity index (χ1) is 6.19. The minimum atomic E-state index is 0.604. The molecule has 0 N–H and O–H groups in total. The molecule has 2 unspecified atom stereocenters. The average Bonchev–Trinajstić information content (AvgIpc) is 2.11. The van der Waals surface area contributed by atoms with Crippen molar-refractivity contribution in [3.8, 4) is 12.3 Å². The van der Waals surface area contributed by atoms with Crippen LogP contribution in [-0.4, -0.2) is 48.1 Å². The lowest BCUT2D eigenvalue weighted by Crippen LogP contribution is -2.56. The molecule has 1 aliphatic rings. The molecular formula is C11H20N2. The molecule has 2 atom stereocenters. The van der Waals surface area contributed by atoms with Gasteiger partial charge in [0.1, 0.15) is 0 Å². The zero-order valence-electron chi connectivity index (χ0n) is 8.95. The molecule has 2 nitrogen and oxygen atoms in total. The van der Waals surface area contributed by atoms with Crippen molar-refractivity contribution in [2.75, 3.05) is 26.2 Å². The van der Waals surface area contributed by atoms with Crippen LogP contribution in [0.25, 0.3) is 0 Å². The van der Waals surface area contributed by atoms with E-state index in [9.17, 15) is 0 Å². The van der Waals surface area contributed by atoms with Crippen molar-refractivity contribution >= 4 is 0 Å². The predicted octanol–water partition coefficient (Wildman–Crippen LogP) is 1.03. The van der Waals surface area contributed by atoms with Crippen molar-refractivity contribution in [2.24, 2.45) is 0 Å². The van der Waals surface area contributed by atoms with Crippen LogP contribution in [0.5, 0.6) is 0 Å². The van der Waals surface area contributed by atoms with Gasteiger partial charge in [-0.3, -0.25) is 9.80 Å². The summed E-state index contributed by atoms with van der Waals surface area (Å²) in [5, 5.41) is 0. The minimum absolute atomic E-state index is 0.604. The van der Waals surface area contributed by atoms with Crippen LogP contribution in [0, 0.1) is 12.3 Å². The van der Waals surface area contributed by atoms with Crippen LogP contribution in [0.1, 0.15) is 20.8 Å². The van der Waals surface area contributed by atoms with Gasteiger partial charge < -0.3 is 0 Å². The highest BCUT2D eigenvalue weighted by molar-refractivity contribution is 4.93. The van der Waals surface area contributed by atoms with Gasteiger partial charge in [0.05, 0.1) is 6.54 Å². The highest BCUT2D eigenvalue weighted by atomic mass is 15.3. The third-order valence-corrected chi connectivity index (χ3v) is 2.94. The lowest BCUT2D eigenvalue weighted by Gasteiger charge is -2.43. The van der Waals surface area contributed by atoms with Gasteiger partial charge >= 0.3 is 0 Å². The smallest absolute Gasteiger partial charge is 0.0602 e. The van der Waals surface area contributed by atoms with Crippen LogP contribution in [0.3, 0.4) is 0 Å². The first kappa shape index (κ1) is 10.6. The quantitative estimate of drug-likeness (QED) is 0.586. The largest absolute Gasteiger partial charge is 0.298 e. The second-order valence-electron chi connectivity index (χ2n) is 3.92. The number of rotatable bonds is 2. The Kier molecular flexibility index (Phi) is 3.77. The third-order valence-electron chi connectivity index (χ3n) is 2.94. The maximum Gasteiger partial charge on any atom is 0.0602 e. The van der Waals surface area contributed by atoms with Gasteiger partial charge in [0, 0.05) is 25.2 Å². The number of terminal acetylenes is 1. The summed E-state index contributed by atoms with van der Waals surface area (Å²) in [6, 6.07) is 1.25. The van der Waals surface area contributed by atoms with E-state index < -0.39 is 0 Å². The molecule has 1 saturated heterocycles. The predicted molar refractivity (Wildman–Crippen MR) is 56.6 cm³/mol. The molecule has 74 valence electrons. The molecule has 1 rings (SSSR count). The molecule has 0 aliphatic carbocycles. The van der Waals surface area contributed by atoms with Gasteiger partial charge in [-0.15, -0.1) is 6.42 Å². The molecule has 0 spiro atoms. The topological polar surface area (TPSA) is 6.48 Å². The Labute approximate surface area is 81.9 Å². The third kappa shape index (κ3) is 2.46. The summed E-state index contributed by atoms with van der Waals surface area (Å²) in [4.78, 5) is 4.90. The summed E-state index contributed by atoms with van der Waals surface area (Å²) in [5.41, 5.74) is 0. The Morgan fingerprint density at radius 2 is 1.77 bits per heavy atom. The lowest BCUT2D eigenvalue weighted by molar-refractivity contribution is 0.0557. The number of nitrogens with zero attached hydrogens (tertiary/aromatic N) is 2. The Bertz CT molecular complexity index is 195. The van der Waals surface area contributed by atoms with Gasteiger partial charge in [0.25, 0.3) is 0 Å². The molecule has 0 bridgehead atoms. The van der Waals surface area contributed by atoms with E-state index in [2.05, 4.69) is 36.5 Å². The highest BCUT2D eigenvalue weighted by Gasteiger charge is 2.26. The van der Waals surface area contributed by atoms with Gasteiger partial charge in [-0.05, 0) is 20.4 Å². The van der Waals surface area contributed by atoms with E-state index in [1.165, 1.54) is 0 Å². The van der Waals surface area contributed by atoms with Gasteiger partial charge in [-0.25, -0.2) is 0 Å². The fraction of sp³-hybridized carbons (Fsp3) is 0.818. The molecule has 0 aromatic rings. The SMILES string of the molecule is C#CCN1CC(C)N(CC)CC1C. The Morgan fingerprint density at radius 3 is 2.31 bits per heavy atom. The number of hydrogen-bond acceptors (Lipinski definition) is 2. The maximum atomic E-state index is 5.33. The number of likely N-dealkylation sites (N-methyl/N-ethyl adjacent to an activating group) is 1. The molecule has 1 heterocycles. The zero-order valence-corrected chi connectivity index (χ0v) is 8.95. The van der Waals surface area contributed by atoms with Gasteiger partial charge in [-0.2, -0.15) is 0 Å². The summed E-state index contributed by atoms with van der Waals surface area (Å²) < 4.78 is 0. The fourth-order valence-corrected chi connectivity index (χ4v) is 2.05. The molecular weight excluding hydrogens is 160 g/mol.